The quantitative estimate of drug-likeness (QED) is 0.0256. The van der Waals surface area contributed by atoms with Crippen LogP contribution in [-0.2, 0) is 33.3 Å². The van der Waals surface area contributed by atoms with Gasteiger partial charge in [0.05, 0.1) is 40.3 Å². The third-order valence-electron chi connectivity index (χ3n) is 16.6. The topological polar surface area (TPSA) is 111 Å². The zero-order valence-electron chi connectivity index (χ0n) is 54.5. The molecule has 0 fully saturated rings. The minimum atomic E-state index is -1.62. The molecule has 9 nitrogen and oxygen atoms in total. The maximum atomic E-state index is 12.9. The Labute approximate surface area is 498 Å². The smallest absolute Gasteiger partial charge is 0.306 e. The summed E-state index contributed by atoms with van der Waals surface area (Å²) >= 11 is 0. The lowest BCUT2D eigenvalue weighted by Gasteiger charge is -2.26. The van der Waals surface area contributed by atoms with Crippen LogP contribution in [0.5, 0.6) is 0 Å². The lowest BCUT2D eigenvalue weighted by molar-refractivity contribution is -0.870. The van der Waals surface area contributed by atoms with Crippen molar-refractivity contribution in [2.45, 2.75) is 392 Å². The van der Waals surface area contributed by atoms with Crippen molar-refractivity contribution in [3.05, 3.63) is 0 Å². The van der Waals surface area contributed by atoms with Gasteiger partial charge in [0.1, 0.15) is 13.2 Å². The molecule has 0 rings (SSSR count). The predicted molar refractivity (Wildman–Crippen MR) is 339 cm³/mol. The number of ether oxygens (including phenoxy) is 4. The van der Waals surface area contributed by atoms with Crippen molar-refractivity contribution in [3.8, 4) is 0 Å². The summed E-state index contributed by atoms with van der Waals surface area (Å²) in [7, 11) is 5.95. The van der Waals surface area contributed by atoms with Crippen molar-refractivity contribution in [1.82, 2.24) is 0 Å². The summed E-state index contributed by atoms with van der Waals surface area (Å²) < 4.78 is 22.8. The number of quaternary nitrogens is 1. The van der Waals surface area contributed by atoms with Crippen molar-refractivity contribution in [2.75, 3.05) is 47.5 Å². The minimum Gasteiger partial charge on any atom is -0.545 e. The maximum absolute atomic E-state index is 12.9. The van der Waals surface area contributed by atoms with E-state index >= 15 is 0 Å². The van der Waals surface area contributed by atoms with Gasteiger partial charge in [-0.15, -0.1) is 0 Å². The van der Waals surface area contributed by atoms with Crippen LogP contribution in [0.3, 0.4) is 0 Å². The number of unbranched alkanes of at least 4 members (excludes halogenated alkanes) is 53. The first-order valence-electron chi connectivity index (χ1n) is 35.7. The molecule has 0 bridgehead atoms. The summed E-state index contributed by atoms with van der Waals surface area (Å²) in [6.45, 7) is 4.85. The molecule has 476 valence electrons. The van der Waals surface area contributed by atoms with Gasteiger partial charge in [0.25, 0.3) is 0 Å². The SMILES string of the molecule is CCCCCCCCCCCCCCCCCCCCCCCCCCCCCCCCC(=O)OC(COC(=O)CCCCCCCCCCCCCCCCCCCCCCCCCCC)COC(OCC[N+](C)(C)C)C(=O)[O-]. The first kappa shape index (κ1) is 78.3. The van der Waals surface area contributed by atoms with Gasteiger partial charge >= 0.3 is 11.9 Å². The van der Waals surface area contributed by atoms with E-state index in [1.54, 1.807) is 0 Å². The number of carbonyl (C=O) groups is 3. The summed E-state index contributed by atoms with van der Waals surface area (Å²) in [6, 6.07) is 0. The Hall–Kier alpha value is -1.71. The third-order valence-corrected chi connectivity index (χ3v) is 16.6. The summed E-state index contributed by atoms with van der Waals surface area (Å²) in [5.74, 6) is -2.24. The fraction of sp³-hybridized carbons (Fsp3) is 0.958. The van der Waals surface area contributed by atoms with Gasteiger partial charge in [-0.1, -0.05) is 354 Å². The lowest BCUT2D eigenvalue weighted by Crippen LogP contribution is -2.44. The highest BCUT2D eigenvalue weighted by Gasteiger charge is 2.22. The molecule has 80 heavy (non-hydrogen) atoms. The number of nitrogens with zero attached hydrogens (tertiary/aromatic N) is 1. The second-order valence-corrected chi connectivity index (χ2v) is 25.9. The van der Waals surface area contributed by atoms with Crippen LogP contribution in [0.2, 0.25) is 0 Å². The average Bonchev–Trinajstić information content (AvgIpc) is 3.43. The van der Waals surface area contributed by atoms with Gasteiger partial charge in [-0.05, 0) is 12.8 Å². The molecule has 2 unspecified atom stereocenters. The maximum Gasteiger partial charge on any atom is 0.306 e. The molecule has 0 aromatic carbocycles. The van der Waals surface area contributed by atoms with Crippen LogP contribution < -0.4 is 5.11 Å². The Kier molecular flexibility index (Phi) is 62.0. The number of aliphatic carboxylic acids is 1. The van der Waals surface area contributed by atoms with Crippen molar-refractivity contribution in [2.24, 2.45) is 0 Å². The summed E-state index contributed by atoms with van der Waals surface area (Å²) in [6.07, 6.45) is 72.0. The number of carbonyl (C=O) groups excluding carboxylic acids is 3. The monoisotopic (exact) mass is 1130 g/mol. The summed E-state index contributed by atoms with van der Waals surface area (Å²) in [5.41, 5.74) is 0. The number of hydrogen-bond donors (Lipinski definition) is 0. The third kappa shape index (κ3) is 63.9. The van der Waals surface area contributed by atoms with Crippen LogP contribution in [0, 0.1) is 0 Å². The zero-order valence-corrected chi connectivity index (χ0v) is 54.5. The standard InChI is InChI=1S/C71H139NO8/c1-6-8-10-12-14-16-18-20-22-24-26-28-30-32-33-34-35-36-38-40-42-44-46-48-50-52-54-56-58-60-62-69(74)80-67(66-79-71(70(75)76)77-64-63-72(3,4)5)65-78-68(73)61-59-57-55-53-51-49-47-45-43-41-39-37-31-29-27-25-23-21-19-17-15-13-11-9-7-2/h67,71H,6-66H2,1-5H3. The minimum absolute atomic E-state index is 0.154. The van der Waals surface area contributed by atoms with Gasteiger partial charge in [0, 0.05) is 12.8 Å². The van der Waals surface area contributed by atoms with Crippen LogP contribution in [0.25, 0.3) is 0 Å². The molecule has 0 N–H and O–H groups in total. The highest BCUT2D eigenvalue weighted by Crippen LogP contribution is 2.20. The number of carboxylic acids is 1. The van der Waals surface area contributed by atoms with E-state index in [0.717, 1.165) is 38.5 Å². The zero-order chi connectivity index (χ0) is 58.3. The number of rotatable bonds is 68. The fourth-order valence-corrected chi connectivity index (χ4v) is 11.1. The van der Waals surface area contributed by atoms with Crippen molar-refractivity contribution >= 4 is 17.9 Å². The van der Waals surface area contributed by atoms with Crippen LogP contribution in [0.15, 0.2) is 0 Å². The summed E-state index contributed by atoms with van der Waals surface area (Å²) in [5, 5.41) is 11.8. The molecule has 2 atom stereocenters. The Bertz CT molecular complexity index is 1270. The Morgan fingerprint density at radius 1 is 0.325 bits per heavy atom. The molecule has 0 saturated carbocycles. The van der Waals surface area contributed by atoms with Gasteiger partial charge in [-0.25, -0.2) is 0 Å². The number of likely N-dealkylation sites (N-methyl/N-ethyl adjacent to an activating group) is 1. The Morgan fingerprint density at radius 2 is 0.562 bits per heavy atom. The van der Waals surface area contributed by atoms with Crippen molar-refractivity contribution in [3.63, 3.8) is 0 Å². The number of esters is 2. The molecule has 0 amide bonds. The van der Waals surface area contributed by atoms with E-state index in [2.05, 4.69) is 13.8 Å². The molecule has 0 aliphatic rings. The molecule has 0 aromatic rings. The molecule has 0 aliphatic carbocycles. The van der Waals surface area contributed by atoms with E-state index in [1.165, 1.54) is 315 Å². The van der Waals surface area contributed by atoms with E-state index < -0.39 is 24.3 Å². The Morgan fingerprint density at radius 3 is 0.800 bits per heavy atom. The number of carboxylic acid groups (broad SMARTS) is 1. The van der Waals surface area contributed by atoms with Gasteiger partial charge in [0.2, 0.25) is 0 Å². The molecule has 0 saturated heterocycles. The molecular weight excluding hydrogens is 995 g/mol. The molecule has 0 spiro atoms. The molecular formula is C71H139NO8. The molecule has 0 heterocycles. The van der Waals surface area contributed by atoms with Crippen LogP contribution in [0.4, 0.5) is 0 Å². The first-order valence-corrected chi connectivity index (χ1v) is 35.7. The highest BCUT2D eigenvalue weighted by molar-refractivity contribution is 5.70. The molecule has 9 heteroatoms. The number of hydrogen-bond acceptors (Lipinski definition) is 8. The molecule has 0 aromatic heterocycles. The van der Waals surface area contributed by atoms with E-state index in [0.29, 0.717) is 17.4 Å². The second kappa shape index (κ2) is 63.3. The first-order chi connectivity index (χ1) is 39.1. The van der Waals surface area contributed by atoms with Gasteiger partial charge in [-0.3, -0.25) is 9.59 Å². The largest absolute Gasteiger partial charge is 0.545 e. The predicted octanol–water partition coefficient (Wildman–Crippen LogP) is 20.5. The van der Waals surface area contributed by atoms with Gasteiger partial charge in [0.15, 0.2) is 12.4 Å². The summed E-state index contributed by atoms with van der Waals surface area (Å²) in [4.78, 5) is 37.5. The molecule has 0 radical (unpaired) electrons. The van der Waals surface area contributed by atoms with Gasteiger partial charge < -0.3 is 33.3 Å². The van der Waals surface area contributed by atoms with Gasteiger partial charge in [-0.2, -0.15) is 0 Å². The van der Waals surface area contributed by atoms with Crippen LogP contribution >= 0.6 is 0 Å². The van der Waals surface area contributed by atoms with Crippen LogP contribution in [-0.4, -0.2) is 82.3 Å². The van der Waals surface area contributed by atoms with Crippen molar-refractivity contribution < 1.29 is 42.9 Å². The normalized spacial score (nSPS) is 12.6. The van der Waals surface area contributed by atoms with E-state index in [-0.39, 0.29) is 32.2 Å². The molecule has 0 aliphatic heterocycles. The van der Waals surface area contributed by atoms with Crippen LogP contribution in [0.1, 0.15) is 380 Å². The van der Waals surface area contributed by atoms with E-state index in [9.17, 15) is 19.5 Å². The Balaban J connectivity index is 4.03. The lowest BCUT2D eigenvalue weighted by atomic mass is 10.0. The second-order valence-electron chi connectivity index (χ2n) is 25.9. The fourth-order valence-electron chi connectivity index (χ4n) is 11.1. The average molecular weight is 1130 g/mol. The van der Waals surface area contributed by atoms with Crippen molar-refractivity contribution in [1.29, 1.82) is 0 Å². The van der Waals surface area contributed by atoms with E-state index in [1.807, 2.05) is 21.1 Å². The highest BCUT2D eigenvalue weighted by atomic mass is 16.7. The van der Waals surface area contributed by atoms with E-state index in [4.69, 9.17) is 18.9 Å².